The lowest BCUT2D eigenvalue weighted by molar-refractivity contribution is -0.189. The Morgan fingerprint density at radius 2 is 1.96 bits per heavy atom. The van der Waals surface area contributed by atoms with E-state index < -0.39 is 36.7 Å². The number of hydrogen-bond donors (Lipinski definition) is 2. The van der Waals surface area contributed by atoms with Crippen molar-refractivity contribution >= 4 is 48.8 Å². The summed E-state index contributed by atoms with van der Waals surface area (Å²) in [6, 6.07) is 4.99. The summed E-state index contributed by atoms with van der Waals surface area (Å²) in [6.45, 7) is 11.5. The first-order chi connectivity index (χ1) is 22.4. The Morgan fingerprint density at radius 1 is 1.21 bits per heavy atom. The summed E-state index contributed by atoms with van der Waals surface area (Å²) in [4.78, 5) is 30.0. The van der Waals surface area contributed by atoms with Crippen molar-refractivity contribution in [2.75, 3.05) is 37.7 Å². The topological polar surface area (TPSA) is 114 Å². The summed E-state index contributed by atoms with van der Waals surface area (Å²) < 4.78 is 57.2. The fraction of sp³-hybridized carbons (Fsp3) is 0.613. The lowest BCUT2D eigenvalue weighted by Gasteiger charge is -2.27. The maximum absolute atomic E-state index is 13.1. The largest absolute Gasteiger partial charge is 0.442 e. The van der Waals surface area contributed by atoms with Crippen LogP contribution < -0.4 is 15.2 Å². The lowest BCUT2D eigenvalue weighted by Crippen LogP contribution is -2.37. The van der Waals surface area contributed by atoms with E-state index in [1.54, 1.807) is 29.4 Å². The molecule has 3 aliphatic rings. The van der Waals surface area contributed by atoms with Crippen LogP contribution in [-0.2, 0) is 16.0 Å². The number of nitrogens with one attached hydrogen (secondary N) is 2. The molecule has 1 saturated heterocycles. The van der Waals surface area contributed by atoms with Gasteiger partial charge in [0.2, 0.25) is 0 Å². The van der Waals surface area contributed by atoms with E-state index in [1.165, 1.54) is 0 Å². The molecule has 2 atom stereocenters. The van der Waals surface area contributed by atoms with Gasteiger partial charge in [0.1, 0.15) is 35.2 Å². The van der Waals surface area contributed by atoms with Gasteiger partial charge in [0, 0.05) is 43.4 Å². The van der Waals surface area contributed by atoms with Gasteiger partial charge in [0.25, 0.3) is 5.91 Å². The molecule has 2 aromatic rings. The number of aromatic nitrogens is 3. The molecular weight excluding hydrogens is 690 g/mol. The molecule has 2 N–H and O–H groups in total. The lowest BCUT2D eigenvalue weighted by atomic mass is 10.00. The molecule has 0 aromatic carbocycles. The minimum Gasteiger partial charge on any atom is -0.442 e. The third kappa shape index (κ3) is 9.15. The third-order valence-electron chi connectivity index (χ3n) is 8.58. The molecule has 4 heterocycles. The summed E-state index contributed by atoms with van der Waals surface area (Å²) in [5.74, 6) is 0.340. The Kier molecular flexibility index (Phi) is 11.0. The summed E-state index contributed by atoms with van der Waals surface area (Å²) in [5.41, 5.74) is 1.17. The predicted molar refractivity (Wildman–Crippen MR) is 181 cm³/mol. The van der Waals surface area contributed by atoms with Crippen molar-refractivity contribution in [2.45, 2.75) is 82.5 Å². The maximum Gasteiger partial charge on any atom is 0.442 e. The molecule has 0 spiro atoms. The second-order valence-corrected chi connectivity index (χ2v) is 19.3. The van der Waals surface area contributed by atoms with Gasteiger partial charge < -0.3 is 9.47 Å². The number of alkyl halides is 3. The molecule has 2 unspecified atom stereocenters. The molecule has 11 nitrogen and oxygen atoms in total. The normalized spacial score (nSPS) is 21.5. The standard InChI is InChI=1S/C31H42ClF3N7O4PS/c1-29(2,3)46-28(44)42-19-21(20-47(42,4)5)9-15-40-16-11-25(38-40)48-39-27(43)22-7-8-23(36-26(22)32)41-17-10-24(37-41)45-18-6-12-30(13-14-30)31(33,34)35/h7-8,10-11,16-17,21,24,37H,6,9,12-15,18-20H2,1-5H3/p+1. The minimum atomic E-state index is -4.16. The van der Waals surface area contributed by atoms with E-state index in [4.69, 9.17) is 21.1 Å². The molecule has 264 valence electrons. The Labute approximate surface area is 288 Å². The molecule has 2 aromatic heterocycles. The SMILES string of the molecule is CC(C)(C)OC(=O)N1CC(CCn2ccc(SNC(=O)c3ccc(N4C=CC(OCCCC5(C(F)(F)F)CC5)N4)nc3Cl)n2)C[P+]1(C)C. The van der Waals surface area contributed by atoms with Crippen LogP contribution in [0, 0.1) is 11.3 Å². The van der Waals surface area contributed by atoms with E-state index in [1.807, 2.05) is 42.4 Å². The zero-order valence-electron chi connectivity index (χ0n) is 27.7. The number of pyridine rings is 1. The molecule has 5 rings (SSSR count). The first-order valence-corrected chi connectivity index (χ1v) is 19.9. The van der Waals surface area contributed by atoms with Gasteiger partial charge in [-0.3, -0.25) is 19.2 Å². The number of rotatable bonds is 12. The van der Waals surface area contributed by atoms with E-state index in [2.05, 4.69) is 33.6 Å². The van der Waals surface area contributed by atoms with Gasteiger partial charge in [-0.2, -0.15) is 28.4 Å². The summed E-state index contributed by atoms with van der Waals surface area (Å²) in [6.07, 6.45) is 2.94. The molecule has 0 bridgehead atoms. The average Bonchev–Trinajstić information content (AvgIpc) is 3.29. The van der Waals surface area contributed by atoms with Crippen molar-refractivity contribution in [1.29, 1.82) is 0 Å². The number of amides is 2. The molecule has 17 heteroatoms. The van der Waals surface area contributed by atoms with Crippen LogP contribution >= 0.6 is 31.0 Å². The Morgan fingerprint density at radius 3 is 2.62 bits per heavy atom. The smallest absolute Gasteiger partial charge is 0.442 e. The maximum atomic E-state index is 13.1. The predicted octanol–water partition coefficient (Wildman–Crippen LogP) is 7.12. The fourth-order valence-electron chi connectivity index (χ4n) is 5.83. The number of hydrogen-bond acceptors (Lipinski definition) is 9. The van der Waals surface area contributed by atoms with Gasteiger partial charge >= 0.3 is 12.3 Å². The second-order valence-electron chi connectivity index (χ2n) is 14.0. The van der Waals surface area contributed by atoms with Crippen LogP contribution in [-0.4, -0.2) is 82.1 Å². The van der Waals surface area contributed by atoms with Crippen LogP contribution in [0.1, 0.15) is 63.2 Å². The van der Waals surface area contributed by atoms with Crippen molar-refractivity contribution in [3.8, 4) is 0 Å². The van der Waals surface area contributed by atoms with Crippen molar-refractivity contribution in [1.82, 2.24) is 29.6 Å². The van der Waals surface area contributed by atoms with E-state index in [0.717, 1.165) is 24.5 Å². The molecule has 2 fully saturated rings. The summed E-state index contributed by atoms with van der Waals surface area (Å²) >= 11 is 7.44. The number of carbonyl (C=O) groups is 2. The van der Waals surface area contributed by atoms with Crippen LogP contribution in [0.3, 0.4) is 0 Å². The van der Waals surface area contributed by atoms with Gasteiger partial charge in [0.05, 0.1) is 37.0 Å². The zero-order valence-corrected chi connectivity index (χ0v) is 30.2. The van der Waals surface area contributed by atoms with Crippen molar-refractivity contribution < 1.29 is 32.2 Å². The van der Waals surface area contributed by atoms with E-state index in [0.29, 0.717) is 36.3 Å². The fourth-order valence-corrected chi connectivity index (χ4v) is 9.57. The quantitative estimate of drug-likeness (QED) is 0.102. The van der Waals surface area contributed by atoms with Crippen molar-refractivity contribution in [3.05, 3.63) is 47.4 Å². The van der Waals surface area contributed by atoms with Gasteiger partial charge in [-0.15, -0.1) is 0 Å². The van der Waals surface area contributed by atoms with Gasteiger partial charge in [0.15, 0.2) is 0 Å². The number of hydrazine groups is 1. The number of nitrogens with zero attached hydrogens (tertiary/aromatic N) is 5. The Balaban J connectivity index is 1.04. The second kappa shape index (κ2) is 14.3. The van der Waals surface area contributed by atoms with Crippen LogP contribution in [0.15, 0.2) is 41.7 Å². The Bertz CT molecular complexity index is 1520. The van der Waals surface area contributed by atoms with Crippen LogP contribution in [0.2, 0.25) is 5.15 Å². The molecule has 2 aliphatic heterocycles. The number of carbonyl (C=O) groups excluding carboxylic acids is 2. The molecule has 1 saturated carbocycles. The van der Waals surface area contributed by atoms with E-state index >= 15 is 0 Å². The summed E-state index contributed by atoms with van der Waals surface area (Å²) in [7, 11) is -1.58. The molecule has 1 aliphatic carbocycles. The highest BCUT2D eigenvalue weighted by molar-refractivity contribution is 7.97. The van der Waals surface area contributed by atoms with Crippen LogP contribution in [0.5, 0.6) is 0 Å². The van der Waals surface area contributed by atoms with Crippen LogP contribution in [0.4, 0.5) is 23.8 Å². The number of halogens is 4. The first kappa shape index (κ1) is 36.7. The Hall–Kier alpha value is -2.58. The minimum absolute atomic E-state index is 0.000309. The van der Waals surface area contributed by atoms with Gasteiger partial charge in [-0.1, -0.05) is 11.6 Å². The first-order valence-electron chi connectivity index (χ1n) is 15.9. The van der Waals surface area contributed by atoms with Gasteiger partial charge in [-0.25, -0.2) is 9.78 Å². The third-order valence-corrected chi connectivity index (χ3v) is 12.6. The number of ether oxygens (including phenoxy) is 2. The highest BCUT2D eigenvalue weighted by atomic mass is 35.5. The van der Waals surface area contributed by atoms with E-state index in [-0.39, 0.29) is 42.7 Å². The summed E-state index contributed by atoms with van der Waals surface area (Å²) in [5, 5.41) is 6.74. The number of anilines is 1. The highest BCUT2D eigenvalue weighted by Gasteiger charge is 2.62. The van der Waals surface area contributed by atoms with Crippen molar-refractivity contribution in [2.24, 2.45) is 11.3 Å². The zero-order chi connectivity index (χ0) is 34.9. The molecule has 0 radical (unpaired) electrons. The highest BCUT2D eigenvalue weighted by Crippen LogP contribution is 2.62. The van der Waals surface area contributed by atoms with E-state index in [9.17, 15) is 22.8 Å². The van der Waals surface area contributed by atoms with Gasteiger partial charge in [-0.05, 0) is 77.2 Å². The molecular formula is C31H43ClF3N7O4PS+. The van der Waals surface area contributed by atoms with Crippen molar-refractivity contribution in [3.63, 3.8) is 0 Å². The monoisotopic (exact) mass is 732 g/mol. The number of aryl methyl sites for hydroxylation is 1. The van der Waals surface area contributed by atoms with Crippen LogP contribution in [0.25, 0.3) is 0 Å². The average molecular weight is 733 g/mol. The molecule has 48 heavy (non-hydrogen) atoms. The molecule has 2 amide bonds.